The highest BCUT2D eigenvalue weighted by Gasteiger charge is 2.34. The Kier molecular flexibility index (Phi) is 5.53. The first-order chi connectivity index (χ1) is 10.7. The number of aryl methyl sites for hydroxylation is 1. The zero-order valence-electron chi connectivity index (χ0n) is 14.7. The summed E-state index contributed by atoms with van der Waals surface area (Å²) >= 11 is 0. The van der Waals surface area contributed by atoms with E-state index >= 15 is 0 Å². The Labute approximate surface area is 139 Å². The Balaban J connectivity index is 2.36. The van der Waals surface area contributed by atoms with Crippen LogP contribution in [0.15, 0.2) is 4.90 Å². The summed E-state index contributed by atoms with van der Waals surface area (Å²) in [5.74, 6) is 0. The summed E-state index contributed by atoms with van der Waals surface area (Å²) in [6.45, 7) is 8.42. The van der Waals surface area contributed by atoms with Crippen LogP contribution in [-0.4, -0.2) is 46.3 Å². The average Bonchev–Trinajstić information content (AvgIpc) is 2.74. The first-order valence-corrected chi connectivity index (χ1v) is 9.95. The zero-order valence-corrected chi connectivity index (χ0v) is 15.5. The van der Waals surface area contributed by atoms with Crippen LogP contribution in [-0.2, 0) is 16.6 Å². The third-order valence-electron chi connectivity index (χ3n) is 4.85. The minimum Gasteiger partial charge on any atom is -0.388 e. The van der Waals surface area contributed by atoms with Gasteiger partial charge in [-0.15, -0.1) is 0 Å². The smallest absolute Gasteiger partial charge is 0.246 e. The fraction of sp³-hybridized carbons (Fsp3) is 0.812. The van der Waals surface area contributed by atoms with E-state index in [1.807, 2.05) is 13.8 Å². The summed E-state index contributed by atoms with van der Waals surface area (Å²) < 4.78 is 28.8. The van der Waals surface area contributed by atoms with Crippen LogP contribution in [0.25, 0.3) is 0 Å². The van der Waals surface area contributed by atoms with E-state index in [1.165, 1.54) is 4.31 Å². The molecule has 132 valence electrons. The lowest BCUT2D eigenvalue weighted by Crippen LogP contribution is -2.37. The molecule has 0 atom stereocenters. The number of nitrogens with zero attached hydrogens (tertiary/aromatic N) is 3. The van der Waals surface area contributed by atoms with E-state index in [-0.39, 0.29) is 0 Å². The molecule has 6 nitrogen and oxygen atoms in total. The Hall–Kier alpha value is -0.920. The van der Waals surface area contributed by atoms with E-state index < -0.39 is 15.6 Å². The molecule has 1 fully saturated rings. The average molecular weight is 343 g/mol. The van der Waals surface area contributed by atoms with Crippen molar-refractivity contribution in [2.45, 2.75) is 76.8 Å². The SMILES string of the molecule is CCN(CC)S(=O)(=O)c1c(C)nn(CC2(O)CCCCC2)c1C. The van der Waals surface area contributed by atoms with Gasteiger partial charge in [-0.3, -0.25) is 4.68 Å². The van der Waals surface area contributed by atoms with E-state index in [0.717, 1.165) is 32.1 Å². The summed E-state index contributed by atoms with van der Waals surface area (Å²) in [4.78, 5) is 0.292. The van der Waals surface area contributed by atoms with Gasteiger partial charge in [-0.25, -0.2) is 8.42 Å². The van der Waals surface area contributed by atoms with Crippen molar-refractivity contribution in [2.24, 2.45) is 0 Å². The van der Waals surface area contributed by atoms with E-state index in [4.69, 9.17) is 0 Å². The lowest BCUT2D eigenvalue weighted by molar-refractivity contribution is -0.0148. The fourth-order valence-corrected chi connectivity index (χ4v) is 5.38. The minimum atomic E-state index is -3.53. The van der Waals surface area contributed by atoms with Crippen LogP contribution in [0.3, 0.4) is 0 Å². The molecular formula is C16H29N3O3S. The molecule has 0 saturated heterocycles. The summed E-state index contributed by atoms with van der Waals surface area (Å²) in [6, 6.07) is 0. The molecule has 0 amide bonds. The monoisotopic (exact) mass is 343 g/mol. The van der Waals surface area contributed by atoms with Crippen molar-refractivity contribution in [3.8, 4) is 0 Å². The molecule has 2 rings (SSSR count). The third kappa shape index (κ3) is 3.61. The Morgan fingerprint density at radius 1 is 1.17 bits per heavy atom. The first-order valence-electron chi connectivity index (χ1n) is 8.51. The maximum Gasteiger partial charge on any atom is 0.246 e. The first kappa shape index (κ1) is 18.4. The van der Waals surface area contributed by atoms with Crippen LogP contribution in [0.4, 0.5) is 0 Å². The topological polar surface area (TPSA) is 75.4 Å². The van der Waals surface area contributed by atoms with Crippen LogP contribution >= 0.6 is 0 Å². The van der Waals surface area contributed by atoms with E-state index in [2.05, 4.69) is 5.10 Å². The van der Waals surface area contributed by atoms with Crippen molar-refractivity contribution >= 4 is 10.0 Å². The lowest BCUT2D eigenvalue weighted by Gasteiger charge is -2.32. The molecule has 0 spiro atoms. The third-order valence-corrected chi connectivity index (χ3v) is 7.15. The molecule has 1 aromatic heterocycles. The normalized spacial score (nSPS) is 18.5. The van der Waals surface area contributed by atoms with Gasteiger partial charge in [0.25, 0.3) is 0 Å². The van der Waals surface area contributed by atoms with Crippen LogP contribution in [0, 0.1) is 13.8 Å². The van der Waals surface area contributed by atoms with Gasteiger partial charge in [0, 0.05) is 13.1 Å². The molecule has 1 heterocycles. The van der Waals surface area contributed by atoms with E-state index in [1.54, 1.807) is 18.5 Å². The van der Waals surface area contributed by atoms with Gasteiger partial charge in [0.05, 0.1) is 23.5 Å². The number of aliphatic hydroxyl groups is 1. The van der Waals surface area contributed by atoms with Crippen LogP contribution in [0.1, 0.15) is 57.3 Å². The second-order valence-corrected chi connectivity index (χ2v) is 8.41. The number of sulfonamides is 1. The number of hydrogen-bond acceptors (Lipinski definition) is 4. The molecule has 1 saturated carbocycles. The van der Waals surface area contributed by atoms with Crippen molar-refractivity contribution in [3.63, 3.8) is 0 Å². The second kappa shape index (κ2) is 6.91. The maximum atomic E-state index is 12.8. The predicted molar refractivity (Wildman–Crippen MR) is 89.8 cm³/mol. The van der Waals surface area contributed by atoms with Gasteiger partial charge in [-0.1, -0.05) is 33.1 Å². The van der Waals surface area contributed by atoms with Crippen molar-refractivity contribution in [1.29, 1.82) is 0 Å². The van der Waals surface area contributed by atoms with Gasteiger partial charge < -0.3 is 5.11 Å². The standard InChI is InChI=1S/C16H29N3O3S/c1-5-18(6-2)23(21,22)15-13(3)17-19(14(15)4)12-16(20)10-8-7-9-11-16/h20H,5-12H2,1-4H3. The summed E-state index contributed by atoms with van der Waals surface area (Å²) in [5, 5.41) is 15.2. The van der Waals surface area contributed by atoms with Gasteiger partial charge in [0.1, 0.15) is 4.90 Å². The van der Waals surface area contributed by atoms with Gasteiger partial charge >= 0.3 is 0 Å². The number of aromatic nitrogens is 2. The molecule has 0 aromatic carbocycles. The molecule has 0 radical (unpaired) electrons. The van der Waals surface area contributed by atoms with Gasteiger partial charge in [0.2, 0.25) is 10.0 Å². The highest BCUT2D eigenvalue weighted by molar-refractivity contribution is 7.89. The Bertz CT molecular complexity index is 642. The summed E-state index contributed by atoms with van der Waals surface area (Å²) in [6.07, 6.45) is 4.69. The lowest BCUT2D eigenvalue weighted by atomic mass is 9.85. The van der Waals surface area contributed by atoms with Gasteiger partial charge in [-0.05, 0) is 26.7 Å². The largest absolute Gasteiger partial charge is 0.388 e. The molecule has 1 aliphatic carbocycles. The minimum absolute atomic E-state index is 0.292. The molecular weight excluding hydrogens is 314 g/mol. The van der Waals surface area contributed by atoms with Gasteiger partial charge in [0.15, 0.2) is 0 Å². The van der Waals surface area contributed by atoms with Crippen LogP contribution in [0.5, 0.6) is 0 Å². The maximum absolute atomic E-state index is 12.8. The fourth-order valence-electron chi connectivity index (χ4n) is 3.55. The molecule has 7 heteroatoms. The summed E-state index contributed by atoms with van der Waals surface area (Å²) in [5.41, 5.74) is 0.361. The molecule has 0 aliphatic heterocycles. The van der Waals surface area contributed by atoms with Gasteiger partial charge in [-0.2, -0.15) is 9.40 Å². The van der Waals surface area contributed by atoms with Crippen molar-refractivity contribution in [2.75, 3.05) is 13.1 Å². The van der Waals surface area contributed by atoms with Crippen molar-refractivity contribution in [1.82, 2.24) is 14.1 Å². The highest BCUT2D eigenvalue weighted by atomic mass is 32.2. The number of hydrogen-bond donors (Lipinski definition) is 1. The number of rotatable bonds is 6. The van der Waals surface area contributed by atoms with E-state index in [9.17, 15) is 13.5 Å². The molecule has 1 aliphatic rings. The highest BCUT2D eigenvalue weighted by Crippen LogP contribution is 2.31. The molecule has 1 N–H and O–H groups in total. The summed E-state index contributed by atoms with van der Waals surface area (Å²) in [7, 11) is -3.53. The Morgan fingerprint density at radius 2 is 1.74 bits per heavy atom. The quantitative estimate of drug-likeness (QED) is 0.859. The molecule has 0 unspecified atom stereocenters. The van der Waals surface area contributed by atoms with Crippen molar-refractivity contribution in [3.05, 3.63) is 11.4 Å². The zero-order chi connectivity index (χ0) is 17.3. The molecule has 23 heavy (non-hydrogen) atoms. The van der Waals surface area contributed by atoms with Crippen LogP contribution in [0.2, 0.25) is 0 Å². The predicted octanol–water partition coefficient (Wildman–Crippen LogP) is 2.23. The van der Waals surface area contributed by atoms with E-state index in [0.29, 0.717) is 35.9 Å². The van der Waals surface area contributed by atoms with Crippen LogP contribution < -0.4 is 0 Å². The van der Waals surface area contributed by atoms with Crippen molar-refractivity contribution < 1.29 is 13.5 Å². The molecule has 0 bridgehead atoms. The Morgan fingerprint density at radius 3 is 2.26 bits per heavy atom. The molecule has 1 aromatic rings. The second-order valence-electron chi connectivity index (χ2n) is 6.53.